The van der Waals surface area contributed by atoms with E-state index in [1.165, 1.54) is 11.8 Å². The van der Waals surface area contributed by atoms with Crippen LogP contribution in [0.1, 0.15) is 28.4 Å². The Morgan fingerprint density at radius 2 is 1.94 bits per heavy atom. The van der Waals surface area contributed by atoms with Gasteiger partial charge in [-0.05, 0) is 41.5 Å². The summed E-state index contributed by atoms with van der Waals surface area (Å²) in [5.41, 5.74) is 6.49. The first kappa shape index (κ1) is 23.1. The van der Waals surface area contributed by atoms with Gasteiger partial charge in [0.25, 0.3) is 0 Å². The van der Waals surface area contributed by atoms with Crippen molar-refractivity contribution in [2.24, 2.45) is 0 Å². The van der Waals surface area contributed by atoms with Crippen LogP contribution in [0.3, 0.4) is 0 Å². The number of carbonyl (C=O) groups is 1. The van der Waals surface area contributed by atoms with Gasteiger partial charge in [-0.1, -0.05) is 48.2 Å². The Labute approximate surface area is 217 Å². The summed E-state index contributed by atoms with van der Waals surface area (Å²) in [6.07, 6.45) is 0.582. The average molecular weight is 516 g/mol. The molecule has 1 aliphatic rings. The molecule has 0 unspecified atom stereocenters. The number of esters is 1. The van der Waals surface area contributed by atoms with Crippen LogP contribution in [0.2, 0.25) is 0 Å². The summed E-state index contributed by atoms with van der Waals surface area (Å²) in [6.45, 7) is 0. The first-order chi connectivity index (χ1) is 17.6. The van der Waals surface area contributed by atoms with Crippen molar-refractivity contribution in [1.29, 1.82) is 0 Å². The summed E-state index contributed by atoms with van der Waals surface area (Å²) >= 11 is 3.41. The molecular formula is C28H25N3O3S2. The molecule has 0 radical (unpaired) electrons. The van der Waals surface area contributed by atoms with Crippen LogP contribution in [0.4, 0.5) is 0 Å². The van der Waals surface area contributed by atoms with Gasteiger partial charge in [0.05, 0.1) is 30.5 Å². The topological polar surface area (TPSA) is 76.2 Å². The molecule has 3 heterocycles. The number of hydrogen-bond acceptors (Lipinski definition) is 7. The largest absolute Gasteiger partial charge is 0.496 e. The smallest absolute Gasteiger partial charge is 0.323 e. The third kappa shape index (κ3) is 4.15. The summed E-state index contributed by atoms with van der Waals surface area (Å²) in [4.78, 5) is 21.0. The van der Waals surface area contributed by atoms with E-state index in [0.29, 0.717) is 6.42 Å². The number of aromatic amines is 1. The highest BCUT2D eigenvalue weighted by Gasteiger charge is 2.34. The Bertz CT molecular complexity index is 1540. The van der Waals surface area contributed by atoms with Crippen LogP contribution in [-0.2, 0) is 21.7 Å². The standard InChI is InChI=1S/C28H25N3O3S2/c1-33-23-12-11-16(13-17(23)15-35-28-31-21-9-5-6-10-24(21)36-28)25-26-19(14-22(30-25)27(32)34-2)18-7-3-4-8-20(18)29-26/h3-13,22,25,29-30H,14-15H2,1-2H3/t22-,25-/m0/s1. The second-order valence-corrected chi connectivity index (χ2v) is 11.0. The number of nitrogens with one attached hydrogen (secondary N) is 2. The van der Waals surface area contributed by atoms with Crippen LogP contribution in [-0.4, -0.2) is 36.2 Å². The van der Waals surface area contributed by atoms with Gasteiger partial charge in [-0.25, -0.2) is 4.98 Å². The molecular weight excluding hydrogens is 490 g/mol. The lowest BCUT2D eigenvalue weighted by molar-refractivity contribution is -0.143. The van der Waals surface area contributed by atoms with Crippen LogP contribution in [0.25, 0.3) is 21.1 Å². The third-order valence-electron chi connectivity index (χ3n) is 6.66. The lowest BCUT2D eigenvalue weighted by Crippen LogP contribution is -2.45. The second-order valence-electron chi connectivity index (χ2n) is 8.75. The molecule has 6 rings (SSSR count). The van der Waals surface area contributed by atoms with Gasteiger partial charge in [0, 0.05) is 34.3 Å². The number of thiazole rings is 1. The molecule has 2 atom stereocenters. The van der Waals surface area contributed by atoms with Gasteiger partial charge in [-0.2, -0.15) is 0 Å². The van der Waals surface area contributed by atoms with Crippen LogP contribution in [0.15, 0.2) is 71.1 Å². The number of nitrogens with zero attached hydrogens (tertiary/aromatic N) is 1. The Kier molecular flexibility index (Phi) is 6.17. The Balaban J connectivity index is 1.36. The van der Waals surface area contributed by atoms with E-state index < -0.39 is 6.04 Å². The van der Waals surface area contributed by atoms with E-state index in [1.54, 1.807) is 30.2 Å². The van der Waals surface area contributed by atoms with Crippen molar-refractivity contribution < 1.29 is 14.3 Å². The second kappa shape index (κ2) is 9.61. The molecule has 8 heteroatoms. The first-order valence-corrected chi connectivity index (χ1v) is 13.5. The molecule has 0 amide bonds. The number of benzene rings is 3. The van der Waals surface area contributed by atoms with Crippen LogP contribution in [0, 0.1) is 0 Å². The quantitative estimate of drug-likeness (QED) is 0.218. The zero-order valence-electron chi connectivity index (χ0n) is 19.9. The Hall–Kier alpha value is -3.33. The van der Waals surface area contributed by atoms with Crippen molar-refractivity contribution >= 4 is 50.2 Å². The van der Waals surface area contributed by atoms with E-state index in [0.717, 1.165) is 54.6 Å². The van der Waals surface area contributed by atoms with Crippen molar-refractivity contribution in [3.63, 3.8) is 0 Å². The molecule has 0 fully saturated rings. The summed E-state index contributed by atoms with van der Waals surface area (Å²) < 4.78 is 13.0. The lowest BCUT2D eigenvalue weighted by atomic mass is 9.89. The molecule has 1 aliphatic heterocycles. The minimum absolute atomic E-state index is 0.178. The summed E-state index contributed by atoms with van der Waals surface area (Å²) in [5.74, 6) is 1.31. The third-order valence-corrected chi connectivity index (χ3v) is 8.89. The van der Waals surface area contributed by atoms with E-state index in [9.17, 15) is 4.79 Å². The molecule has 2 aromatic heterocycles. The molecule has 6 nitrogen and oxygen atoms in total. The van der Waals surface area contributed by atoms with Crippen molar-refractivity contribution in [1.82, 2.24) is 15.3 Å². The summed E-state index contributed by atoms with van der Waals surface area (Å²) in [5, 5.41) is 4.68. The molecule has 2 N–H and O–H groups in total. The van der Waals surface area contributed by atoms with Crippen LogP contribution < -0.4 is 10.1 Å². The van der Waals surface area contributed by atoms with Gasteiger partial charge < -0.3 is 14.5 Å². The average Bonchev–Trinajstić information content (AvgIpc) is 3.51. The minimum atomic E-state index is -0.422. The lowest BCUT2D eigenvalue weighted by Gasteiger charge is -2.30. The van der Waals surface area contributed by atoms with Crippen LogP contribution >= 0.6 is 23.1 Å². The maximum absolute atomic E-state index is 12.6. The number of H-pyrrole nitrogens is 1. The van der Waals surface area contributed by atoms with E-state index in [1.807, 2.05) is 36.4 Å². The zero-order chi connectivity index (χ0) is 24.6. The Morgan fingerprint density at radius 3 is 2.78 bits per heavy atom. The predicted molar refractivity (Wildman–Crippen MR) is 145 cm³/mol. The number of fused-ring (bicyclic) bond motifs is 4. The number of rotatable bonds is 6. The molecule has 0 saturated heterocycles. The first-order valence-electron chi connectivity index (χ1n) is 11.7. The minimum Gasteiger partial charge on any atom is -0.496 e. The summed E-state index contributed by atoms with van der Waals surface area (Å²) in [7, 11) is 3.14. The molecule has 182 valence electrons. The number of methoxy groups -OCH3 is 2. The normalized spacial score (nSPS) is 17.3. The van der Waals surface area contributed by atoms with Crippen molar-refractivity contribution in [2.45, 2.75) is 28.6 Å². The molecule has 0 aliphatic carbocycles. The number of hydrogen-bond donors (Lipinski definition) is 2. The number of thioether (sulfide) groups is 1. The molecule has 3 aromatic carbocycles. The van der Waals surface area contributed by atoms with Gasteiger partial charge >= 0.3 is 5.97 Å². The fraction of sp³-hybridized carbons (Fsp3) is 0.214. The molecule has 36 heavy (non-hydrogen) atoms. The van der Waals surface area contributed by atoms with E-state index >= 15 is 0 Å². The molecule has 0 saturated carbocycles. The van der Waals surface area contributed by atoms with E-state index in [4.69, 9.17) is 14.5 Å². The number of carbonyl (C=O) groups excluding carboxylic acids is 1. The highest BCUT2D eigenvalue weighted by atomic mass is 32.2. The van der Waals surface area contributed by atoms with Gasteiger partial charge in [0.2, 0.25) is 0 Å². The van der Waals surface area contributed by atoms with Gasteiger partial charge in [0.1, 0.15) is 11.8 Å². The number of para-hydroxylation sites is 2. The fourth-order valence-corrected chi connectivity index (χ4v) is 6.98. The molecule has 0 spiro atoms. The summed E-state index contributed by atoms with van der Waals surface area (Å²) in [6, 6.07) is 22.1. The fourth-order valence-electron chi connectivity index (χ4n) is 4.93. The number of aromatic nitrogens is 2. The number of ether oxygens (including phenoxy) is 2. The van der Waals surface area contributed by atoms with E-state index in [-0.39, 0.29) is 12.0 Å². The maximum Gasteiger partial charge on any atom is 0.323 e. The van der Waals surface area contributed by atoms with Gasteiger partial charge in [-0.15, -0.1) is 11.3 Å². The van der Waals surface area contributed by atoms with Crippen molar-refractivity contribution in [3.8, 4) is 5.75 Å². The van der Waals surface area contributed by atoms with E-state index in [2.05, 4.69) is 40.6 Å². The highest BCUT2D eigenvalue weighted by Crippen LogP contribution is 2.38. The molecule has 0 bridgehead atoms. The highest BCUT2D eigenvalue weighted by molar-refractivity contribution is 8.00. The van der Waals surface area contributed by atoms with Gasteiger partial charge in [0.15, 0.2) is 4.34 Å². The zero-order valence-corrected chi connectivity index (χ0v) is 21.5. The maximum atomic E-state index is 12.6. The van der Waals surface area contributed by atoms with Crippen LogP contribution in [0.5, 0.6) is 5.75 Å². The predicted octanol–water partition coefficient (Wildman–Crippen LogP) is 5.86. The Morgan fingerprint density at radius 1 is 1.11 bits per heavy atom. The molecule has 5 aromatic rings. The van der Waals surface area contributed by atoms with Crippen molar-refractivity contribution in [3.05, 3.63) is 89.1 Å². The monoisotopic (exact) mass is 515 g/mol. The van der Waals surface area contributed by atoms with Gasteiger partial charge in [-0.3, -0.25) is 10.1 Å². The van der Waals surface area contributed by atoms with Crippen molar-refractivity contribution in [2.75, 3.05) is 14.2 Å². The SMILES string of the molecule is COC(=O)[C@@H]1Cc2c([nH]c3ccccc23)[C@H](c2ccc(OC)c(CSc3nc4ccccc4s3)c2)N1.